The Kier molecular flexibility index (Phi) is 7.02. The molecular formula is C33H22ClF4NO5. The van der Waals surface area contributed by atoms with Gasteiger partial charge in [0.15, 0.2) is 11.2 Å². The molecule has 0 amide bonds. The third-order valence-corrected chi connectivity index (χ3v) is 8.50. The molecule has 3 atom stereocenters. The standard InChI is InChI=1S/C33H22ClF4NO5/c1-39-27-13-8-19(15-28(27)44-31(39)42)32(43,33(36,37)38)29(23-10-6-17-4-2-3-5-21(17)23)24-11-7-18(14-26(24)34)22-12-9-20(35)16-25(22)30(40)41/h2-16,23,29,43H,1H3,(H,40,41). The van der Waals surface area contributed by atoms with Crippen LogP contribution in [0.4, 0.5) is 17.6 Å². The van der Waals surface area contributed by atoms with E-state index in [2.05, 4.69) is 0 Å². The summed E-state index contributed by atoms with van der Waals surface area (Å²) < 4.78 is 66.3. The van der Waals surface area contributed by atoms with E-state index >= 15 is 13.2 Å². The molecule has 4 aromatic carbocycles. The van der Waals surface area contributed by atoms with Gasteiger partial charge < -0.3 is 14.6 Å². The lowest BCUT2D eigenvalue weighted by molar-refractivity contribution is -0.277. The molecule has 224 valence electrons. The predicted molar refractivity (Wildman–Crippen MR) is 156 cm³/mol. The molecule has 2 N–H and O–H groups in total. The van der Waals surface area contributed by atoms with Crippen molar-refractivity contribution >= 4 is 34.7 Å². The number of carbonyl (C=O) groups is 1. The van der Waals surface area contributed by atoms with Crippen LogP contribution in [0, 0.1) is 5.82 Å². The van der Waals surface area contributed by atoms with Crippen LogP contribution in [-0.2, 0) is 12.6 Å². The highest BCUT2D eigenvalue weighted by molar-refractivity contribution is 6.31. The minimum atomic E-state index is -5.26. The molecule has 1 aliphatic rings. The van der Waals surface area contributed by atoms with Crippen molar-refractivity contribution in [3.05, 3.63) is 134 Å². The molecule has 0 radical (unpaired) electrons. The first-order valence-electron chi connectivity index (χ1n) is 13.3. The Morgan fingerprint density at radius 1 is 1.02 bits per heavy atom. The van der Waals surface area contributed by atoms with Crippen LogP contribution in [0.5, 0.6) is 0 Å². The summed E-state index contributed by atoms with van der Waals surface area (Å²) in [6, 6.07) is 17.3. The Labute approximate surface area is 252 Å². The van der Waals surface area contributed by atoms with E-state index in [1.54, 1.807) is 36.4 Å². The van der Waals surface area contributed by atoms with Gasteiger partial charge in [-0.05, 0) is 63.7 Å². The molecule has 11 heteroatoms. The summed E-state index contributed by atoms with van der Waals surface area (Å²) in [6.45, 7) is 0. The molecular weight excluding hydrogens is 602 g/mol. The number of aliphatic hydroxyl groups is 1. The molecule has 0 bridgehead atoms. The van der Waals surface area contributed by atoms with Crippen molar-refractivity contribution in [1.29, 1.82) is 0 Å². The van der Waals surface area contributed by atoms with E-state index in [0.717, 1.165) is 28.8 Å². The second-order valence-corrected chi connectivity index (χ2v) is 11.0. The lowest BCUT2D eigenvalue weighted by Crippen LogP contribution is -2.49. The van der Waals surface area contributed by atoms with Gasteiger partial charge >= 0.3 is 17.9 Å². The summed E-state index contributed by atoms with van der Waals surface area (Å²) >= 11 is 6.72. The molecule has 0 fully saturated rings. The molecule has 0 spiro atoms. The van der Waals surface area contributed by atoms with Gasteiger partial charge in [-0.2, -0.15) is 13.2 Å². The number of hydrogen-bond acceptors (Lipinski definition) is 4. The van der Waals surface area contributed by atoms with Crippen LogP contribution in [0.25, 0.3) is 28.3 Å². The van der Waals surface area contributed by atoms with Gasteiger partial charge in [0.2, 0.25) is 0 Å². The summed E-state index contributed by atoms with van der Waals surface area (Å²) in [5.74, 6) is -5.73. The number of aryl methyl sites for hydroxylation is 1. The van der Waals surface area contributed by atoms with Crippen LogP contribution < -0.4 is 5.76 Å². The average Bonchev–Trinajstić information content (AvgIpc) is 3.53. The van der Waals surface area contributed by atoms with Gasteiger partial charge in [0, 0.05) is 23.9 Å². The Hall–Kier alpha value is -4.67. The number of halogens is 5. The molecule has 6 rings (SSSR count). The van der Waals surface area contributed by atoms with Gasteiger partial charge in [0.1, 0.15) is 5.82 Å². The number of aromatic nitrogens is 1. The lowest BCUT2D eigenvalue weighted by atomic mass is 9.68. The van der Waals surface area contributed by atoms with E-state index in [0.29, 0.717) is 11.1 Å². The highest BCUT2D eigenvalue weighted by Gasteiger charge is 2.62. The Balaban J connectivity index is 1.60. The van der Waals surface area contributed by atoms with Gasteiger partial charge in [0.25, 0.3) is 0 Å². The van der Waals surface area contributed by atoms with Gasteiger partial charge in [-0.3, -0.25) is 4.57 Å². The zero-order chi connectivity index (χ0) is 31.6. The quantitative estimate of drug-likeness (QED) is 0.190. The van der Waals surface area contributed by atoms with Crippen molar-refractivity contribution in [2.75, 3.05) is 0 Å². The van der Waals surface area contributed by atoms with Crippen LogP contribution >= 0.6 is 11.6 Å². The lowest BCUT2D eigenvalue weighted by Gasteiger charge is -2.41. The van der Waals surface area contributed by atoms with Gasteiger partial charge in [-0.25, -0.2) is 14.0 Å². The maximum atomic E-state index is 15.4. The van der Waals surface area contributed by atoms with Crippen molar-refractivity contribution in [2.24, 2.45) is 7.05 Å². The first-order valence-corrected chi connectivity index (χ1v) is 13.7. The van der Waals surface area contributed by atoms with E-state index in [1.807, 2.05) is 0 Å². The van der Waals surface area contributed by atoms with Crippen LogP contribution in [0.2, 0.25) is 5.02 Å². The highest BCUT2D eigenvalue weighted by Crippen LogP contribution is 2.57. The number of fused-ring (bicyclic) bond motifs is 2. The number of carboxylic acids is 1. The van der Waals surface area contributed by atoms with Gasteiger partial charge in [-0.1, -0.05) is 72.3 Å². The van der Waals surface area contributed by atoms with Gasteiger partial charge in [-0.15, -0.1) is 0 Å². The third kappa shape index (κ3) is 4.61. The molecule has 1 aromatic heterocycles. The summed E-state index contributed by atoms with van der Waals surface area (Å²) in [5.41, 5.74) is -2.94. The fourth-order valence-corrected chi connectivity index (χ4v) is 6.33. The van der Waals surface area contributed by atoms with Crippen molar-refractivity contribution in [3.8, 4) is 11.1 Å². The predicted octanol–water partition coefficient (Wildman–Crippen LogP) is 7.63. The third-order valence-electron chi connectivity index (χ3n) is 8.17. The fraction of sp³-hybridized carbons (Fsp3) is 0.152. The molecule has 1 heterocycles. The van der Waals surface area contributed by atoms with Crippen LogP contribution in [0.15, 0.2) is 94.2 Å². The number of aromatic carboxylic acids is 1. The monoisotopic (exact) mass is 623 g/mol. The first-order chi connectivity index (χ1) is 20.8. The molecule has 3 unspecified atom stereocenters. The second kappa shape index (κ2) is 10.5. The smallest absolute Gasteiger partial charge is 0.422 e. The number of alkyl halides is 3. The largest absolute Gasteiger partial charge is 0.478 e. The SMILES string of the molecule is Cn1c(=O)oc2cc(C(O)(C(c3ccc(-c4ccc(F)cc4C(=O)O)cc3Cl)C3C=Cc4ccccc43)C(F)(F)F)ccc21. The van der Waals surface area contributed by atoms with E-state index < -0.39 is 46.7 Å². The highest BCUT2D eigenvalue weighted by atomic mass is 35.5. The fourth-order valence-electron chi connectivity index (χ4n) is 6.03. The number of carboxylic acid groups (broad SMARTS) is 1. The molecule has 0 saturated carbocycles. The summed E-state index contributed by atoms with van der Waals surface area (Å²) in [6.07, 6.45) is -2.02. The second-order valence-electron chi connectivity index (χ2n) is 10.6. The number of rotatable bonds is 6. The number of nitrogens with zero attached hydrogens (tertiary/aromatic N) is 1. The summed E-state index contributed by atoms with van der Waals surface area (Å²) in [7, 11) is 1.41. The number of benzene rings is 4. The topological polar surface area (TPSA) is 92.7 Å². The van der Waals surface area contributed by atoms with E-state index in [4.69, 9.17) is 16.0 Å². The maximum absolute atomic E-state index is 15.4. The Bertz CT molecular complexity index is 2050. The van der Waals surface area contributed by atoms with Crippen molar-refractivity contribution in [1.82, 2.24) is 4.57 Å². The van der Waals surface area contributed by atoms with E-state index in [9.17, 15) is 24.2 Å². The van der Waals surface area contributed by atoms with E-state index in [1.165, 1.54) is 37.4 Å². The molecule has 6 nitrogen and oxygen atoms in total. The normalized spacial score (nSPS) is 16.6. The summed E-state index contributed by atoms with van der Waals surface area (Å²) in [5, 5.41) is 21.5. The van der Waals surface area contributed by atoms with E-state index in [-0.39, 0.29) is 38.4 Å². The minimum Gasteiger partial charge on any atom is -0.478 e. The maximum Gasteiger partial charge on any atom is 0.422 e. The Morgan fingerprint density at radius 2 is 1.77 bits per heavy atom. The molecule has 0 aliphatic heterocycles. The number of oxazole rings is 1. The van der Waals surface area contributed by atoms with Gasteiger partial charge in [0.05, 0.1) is 11.1 Å². The molecule has 1 aliphatic carbocycles. The number of allylic oxidation sites excluding steroid dienone is 1. The average molecular weight is 624 g/mol. The zero-order valence-corrected chi connectivity index (χ0v) is 23.5. The van der Waals surface area contributed by atoms with Crippen LogP contribution in [0.3, 0.4) is 0 Å². The first kappa shape index (κ1) is 29.4. The zero-order valence-electron chi connectivity index (χ0n) is 22.8. The number of hydrogen-bond donors (Lipinski definition) is 2. The van der Waals surface area contributed by atoms with Crippen LogP contribution in [0.1, 0.15) is 44.4 Å². The molecule has 44 heavy (non-hydrogen) atoms. The Morgan fingerprint density at radius 3 is 2.48 bits per heavy atom. The van der Waals surface area contributed by atoms with Crippen molar-refractivity contribution in [3.63, 3.8) is 0 Å². The van der Waals surface area contributed by atoms with Crippen LogP contribution in [-0.4, -0.2) is 26.9 Å². The molecule has 0 saturated heterocycles. The molecule has 5 aromatic rings. The summed E-state index contributed by atoms with van der Waals surface area (Å²) in [4.78, 5) is 23.9. The van der Waals surface area contributed by atoms with Crippen molar-refractivity contribution in [2.45, 2.75) is 23.6 Å². The minimum absolute atomic E-state index is 0.0739. The van der Waals surface area contributed by atoms with Crippen molar-refractivity contribution < 1.29 is 37.0 Å².